The number of aromatic hydroxyl groups is 1. The maximum absolute atomic E-state index is 13.4. The third kappa shape index (κ3) is 6.81. The Morgan fingerprint density at radius 2 is 1.95 bits per heavy atom. The molecule has 7 nitrogen and oxygen atoms in total. The van der Waals surface area contributed by atoms with Crippen LogP contribution < -0.4 is 10.6 Å². The van der Waals surface area contributed by atoms with Gasteiger partial charge in [-0.15, -0.1) is 0 Å². The van der Waals surface area contributed by atoms with Crippen LogP contribution in [0.2, 0.25) is 5.02 Å². The zero-order chi connectivity index (χ0) is 30.1. The van der Waals surface area contributed by atoms with Crippen LogP contribution in [0.15, 0.2) is 40.3 Å². The number of likely N-dealkylation sites (tertiary alicyclic amines) is 1. The quantitative estimate of drug-likeness (QED) is 0.359. The Labute approximate surface area is 261 Å². The number of rotatable bonds is 6. The summed E-state index contributed by atoms with van der Waals surface area (Å²) in [7, 11) is 0. The molecule has 5 unspecified atom stereocenters. The van der Waals surface area contributed by atoms with E-state index in [1.54, 1.807) is 6.07 Å². The van der Waals surface area contributed by atoms with Crippen molar-refractivity contribution in [2.75, 3.05) is 26.2 Å². The fraction of sp³-hybridized carbons (Fsp3) is 0.647. The second kappa shape index (κ2) is 12.9. The average Bonchev–Trinajstić information content (AvgIpc) is 3.61. The number of guanidine groups is 1. The summed E-state index contributed by atoms with van der Waals surface area (Å²) in [6.45, 7) is 10.4. The van der Waals surface area contributed by atoms with E-state index in [0.717, 1.165) is 72.9 Å². The number of benzene rings is 2. The van der Waals surface area contributed by atoms with Gasteiger partial charge < -0.3 is 20.6 Å². The summed E-state index contributed by atoms with van der Waals surface area (Å²) < 4.78 is 13.4. The molecule has 234 valence electrons. The van der Waals surface area contributed by atoms with E-state index in [0.29, 0.717) is 23.7 Å². The second-order valence-electron chi connectivity index (χ2n) is 13.6. The standard InChI is InChI=1S/C22H26ClN5O.C12H22FN/c1-13-24-20(27-22(25-13)28-11-16-6-7-17(12-28)26-16)8-5-15-10-18(29)9-14-3-2-4-19(23)21(14)15;1-3-10(2)7-12-5-4-6-14(12)9-11(13)8-12/h2-4,9-10,16-17,20,26,29H,5-8,11-12H2,1H3,(H,24,25,27);10-11H,3-9H2,1-2H3/t;10?,11?,12-/m.1/s1. The molecule has 0 spiro atoms. The second-order valence-corrected chi connectivity index (χ2v) is 14.0. The van der Waals surface area contributed by atoms with Gasteiger partial charge in [0.1, 0.15) is 23.9 Å². The SMILES string of the molecule is CC1=NC(CCc2cc(O)cc3cccc(Cl)c23)N=C(N2CC3CCC(C2)N3)N1.CCC(C)C[C@@]12CCCN1CC(F)C2. The van der Waals surface area contributed by atoms with E-state index in [1.165, 1.54) is 38.5 Å². The Morgan fingerprint density at radius 1 is 1.16 bits per heavy atom. The van der Waals surface area contributed by atoms with E-state index in [-0.39, 0.29) is 17.5 Å². The van der Waals surface area contributed by atoms with Crippen molar-refractivity contribution in [3.63, 3.8) is 0 Å². The molecule has 5 aliphatic rings. The summed E-state index contributed by atoms with van der Waals surface area (Å²) in [5.74, 6) is 2.87. The summed E-state index contributed by atoms with van der Waals surface area (Å²) >= 11 is 6.46. The lowest BCUT2D eigenvalue weighted by Crippen LogP contribution is -2.57. The lowest BCUT2D eigenvalue weighted by molar-refractivity contribution is 0.157. The van der Waals surface area contributed by atoms with Crippen molar-refractivity contribution in [1.29, 1.82) is 0 Å². The van der Waals surface area contributed by atoms with Crippen LogP contribution in [-0.2, 0) is 6.42 Å². The first-order valence-electron chi connectivity index (χ1n) is 16.4. The van der Waals surface area contributed by atoms with Gasteiger partial charge in [-0.25, -0.2) is 14.4 Å². The maximum atomic E-state index is 13.4. The molecule has 9 heteroatoms. The van der Waals surface area contributed by atoms with Crippen molar-refractivity contribution in [3.05, 3.63) is 40.9 Å². The van der Waals surface area contributed by atoms with Crippen molar-refractivity contribution < 1.29 is 9.50 Å². The Morgan fingerprint density at radius 3 is 2.72 bits per heavy atom. The van der Waals surface area contributed by atoms with Crippen molar-refractivity contribution in [3.8, 4) is 5.75 Å². The summed E-state index contributed by atoms with van der Waals surface area (Å²) in [5, 5.41) is 19.8. The molecule has 4 fully saturated rings. The number of phenols is 1. The van der Waals surface area contributed by atoms with Crippen LogP contribution in [0.1, 0.15) is 77.7 Å². The third-order valence-electron chi connectivity index (χ3n) is 10.3. The highest BCUT2D eigenvalue weighted by Gasteiger charge is 2.48. The van der Waals surface area contributed by atoms with Crippen LogP contribution in [-0.4, -0.2) is 82.8 Å². The fourth-order valence-electron chi connectivity index (χ4n) is 8.15. The molecule has 5 heterocycles. The Balaban J connectivity index is 0.000000197. The van der Waals surface area contributed by atoms with Crippen LogP contribution in [0.5, 0.6) is 5.75 Å². The monoisotopic (exact) mass is 610 g/mol. The van der Waals surface area contributed by atoms with Gasteiger partial charge in [0.05, 0.1) is 0 Å². The summed E-state index contributed by atoms with van der Waals surface area (Å²) in [6, 6.07) is 10.5. The molecular formula is C34H48ClFN6O. The fourth-order valence-corrected chi connectivity index (χ4v) is 8.45. The molecule has 43 heavy (non-hydrogen) atoms. The number of piperazine rings is 1. The molecule has 6 atom stereocenters. The first-order chi connectivity index (χ1) is 20.7. The molecule has 0 radical (unpaired) electrons. The van der Waals surface area contributed by atoms with Crippen LogP contribution in [0, 0.1) is 5.92 Å². The lowest BCUT2D eigenvalue weighted by atomic mass is 9.83. The highest BCUT2D eigenvalue weighted by molar-refractivity contribution is 6.35. The van der Waals surface area contributed by atoms with Gasteiger partial charge in [-0.1, -0.05) is 44.0 Å². The van der Waals surface area contributed by atoms with Crippen LogP contribution in [0.25, 0.3) is 10.8 Å². The predicted octanol–water partition coefficient (Wildman–Crippen LogP) is 6.27. The smallest absolute Gasteiger partial charge is 0.201 e. The lowest BCUT2D eigenvalue weighted by Gasteiger charge is -2.36. The van der Waals surface area contributed by atoms with Gasteiger partial charge in [-0.2, -0.15) is 0 Å². The van der Waals surface area contributed by atoms with Crippen molar-refractivity contribution >= 4 is 34.2 Å². The molecule has 0 aliphatic carbocycles. The molecule has 2 bridgehead atoms. The summed E-state index contributed by atoms with van der Waals surface area (Å²) in [6.07, 6.45) is 9.09. The van der Waals surface area contributed by atoms with E-state index in [4.69, 9.17) is 21.6 Å². The first kappa shape index (κ1) is 30.6. The summed E-state index contributed by atoms with van der Waals surface area (Å²) in [4.78, 5) is 14.4. The minimum absolute atomic E-state index is 0.126. The van der Waals surface area contributed by atoms with Crippen molar-refractivity contribution in [1.82, 2.24) is 20.4 Å². The maximum Gasteiger partial charge on any atom is 0.201 e. The number of fused-ring (bicyclic) bond motifs is 4. The molecular weight excluding hydrogens is 563 g/mol. The highest BCUT2D eigenvalue weighted by Crippen LogP contribution is 2.44. The number of hydrogen-bond donors (Lipinski definition) is 3. The summed E-state index contributed by atoms with van der Waals surface area (Å²) in [5.41, 5.74) is 1.29. The zero-order valence-electron chi connectivity index (χ0n) is 26.0. The number of halogens is 2. The molecule has 2 aromatic carbocycles. The molecule has 7 rings (SSSR count). The average molecular weight is 611 g/mol. The van der Waals surface area contributed by atoms with E-state index < -0.39 is 6.17 Å². The zero-order valence-corrected chi connectivity index (χ0v) is 26.7. The largest absolute Gasteiger partial charge is 0.508 e. The van der Waals surface area contributed by atoms with E-state index in [9.17, 15) is 9.50 Å². The molecule has 5 aliphatic heterocycles. The number of hydrogen-bond acceptors (Lipinski definition) is 7. The van der Waals surface area contributed by atoms with Crippen LogP contribution >= 0.6 is 11.6 Å². The van der Waals surface area contributed by atoms with Gasteiger partial charge in [-0.05, 0) is 99.9 Å². The van der Waals surface area contributed by atoms with E-state index >= 15 is 0 Å². The number of phenolic OH excluding ortho intramolecular Hbond substituents is 1. The van der Waals surface area contributed by atoms with E-state index in [1.807, 2.05) is 31.2 Å². The number of amidine groups is 1. The van der Waals surface area contributed by atoms with E-state index in [2.05, 4.69) is 34.3 Å². The van der Waals surface area contributed by atoms with Gasteiger partial charge in [0.2, 0.25) is 5.96 Å². The van der Waals surface area contributed by atoms with Gasteiger partial charge >= 0.3 is 0 Å². The third-order valence-corrected chi connectivity index (χ3v) is 10.6. The molecule has 3 N–H and O–H groups in total. The van der Waals surface area contributed by atoms with Gasteiger partial charge in [0.25, 0.3) is 0 Å². The number of nitrogens with one attached hydrogen (secondary N) is 2. The van der Waals surface area contributed by atoms with Crippen molar-refractivity contribution in [2.45, 2.75) is 109 Å². The Hall–Kier alpha value is -2.42. The molecule has 2 aromatic rings. The van der Waals surface area contributed by atoms with Gasteiger partial charge in [0, 0.05) is 47.7 Å². The molecule has 0 amide bonds. The molecule has 4 saturated heterocycles. The molecule has 0 saturated carbocycles. The number of aryl methyl sites for hydroxylation is 1. The van der Waals surface area contributed by atoms with Crippen LogP contribution in [0.3, 0.4) is 0 Å². The van der Waals surface area contributed by atoms with Crippen molar-refractivity contribution in [2.24, 2.45) is 15.9 Å². The number of nitrogens with zero attached hydrogens (tertiary/aromatic N) is 4. The Bertz CT molecular complexity index is 1360. The predicted molar refractivity (Wildman–Crippen MR) is 175 cm³/mol. The normalized spacial score (nSPS) is 30.8. The van der Waals surface area contributed by atoms with Crippen LogP contribution in [0.4, 0.5) is 4.39 Å². The minimum atomic E-state index is -0.556. The number of alkyl halides is 1. The molecule has 0 aromatic heterocycles. The topological polar surface area (TPSA) is 75.5 Å². The number of aliphatic imine (C=N–C) groups is 2. The first-order valence-corrected chi connectivity index (χ1v) is 16.8. The van der Waals surface area contributed by atoms with Gasteiger partial charge in [0.15, 0.2) is 0 Å². The van der Waals surface area contributed by atoms with Gasteiger partial charge in [-0.3, -0.25) is 4.90 Å². The minimum Gasteiger partial charge on any atom is -0.508 e. The highest BCUT2D eigenvalue weighted by atomic mass is 35.5. The Kier molecular flexibility index (Phi) is 9.18.